The highest BCUT2D eigenvalue weighted by Gasteiger charge is 2.68. The molecular weight excluding hydrogens is 575 g/mol. The number of hydrogen-bond donors (Lipinski definition) is 1. The topological polar surface area (TPSA) is 125 Å². The van der Waals surface area contributed by atoms with Crippen molar-refractivity contribution in [3.63, 3.8) is 0 Å². The molecule has 0 bridgehead atoms. The molecule has 0 amide bonds. The molecule has 9 nitrogen and oxygen atoms in total. The first-order chi connectivity index (χ1) is 20.4. The van der Waals surface area contributed by atoms with Crippen LogP contribution in [0.3, 0.4) is 0 Å². The van der Waals surface area contributed by atoms with Gasteiger partial charge in [-0.2, -0.15) is 4.39 Å². The first kappa shape index (κ1) is 30.5. The monoisotopic (exact) mass is 616 g/mol. The molecule has 3 saturated carbocycles. The summed E-state index contributed by atoms with van der Waals surface area (Å²) in [6.45, 7) is 6.97. The van der Waals surface area contributed by atoms with Gasteiger partial charge in [0.15, 0.2) is 10.9 Å². The molecule has 8 atom stereocenters. The van der Waals surface area contributed by atoms with Crippen LogP contribution in [-0.2, 0) is 23.9 Å². The van der Waals surface area contributed by atoms with Gasteiger partial charge in [-0.3, -0.25) is 28.7 Å². The van der Waals surface area contributed by atoms with Crippen LogP contribution >= 0.6 is 11.8 Å². The molecule has 1 spiro atoms. The number of halogens is 1. The number of aromatic nitrogens is 2. The number of carbonyl (C=O) groups excluding carboxylic acids is 3. The minimum absolute atomic E-state index is 0.0119. The lowest BCUT2D eigenvalue weighted by atomic mass is 9.46. The van der Waals surface area contributed by atoms with E-state index < -0.39 is 23.3 Å². The molecule has 5 fully saturated rings. The van der Waals surface area contributed by atoms with Gasteiger partial charge in [0.25, 0.3) is 5.56 Å². The van der Waals surface area contributed by atoms with Gasteiger partial charge in [0, 0.05) is 37.0 Å². The van der Waals surface area contributed by atoms with Crippen molar-refractivity contribution in [1.82, 2.24) is 9.55 Å². The van der Waals surface area contributed by atoms with Gasteiger partial charge in [-0.1, -0.05) is 31.2 Å². The van der Waals surface area contributed by atoms with E-state index in [1.807, 2.05) is 11.1 Å². The number of ether oxygens (including phenoxy) is 2. The average molecular weight is 617 g/mol. The maximum atomic E-state index is 12.9. The van der Waals surface area contributed by atoms with E-state index in [9.17, 15) is 28.4 Å². The summed E-state index contributed by atoms with van der Waals surface area (Å²) < 4.78 is 25.2. The maximum Gasteiger partial charge on any atom is 0.330 e. The maximum absolute atomic E-state index is 12.9. The van der Waals surface area contributed by atoms with Gasteiger partial charge in [0.1, 0.15) is 11.8 Å². The zero-order valence-corrected chi connectivity index (χ0v) is 25.9. The number of ketones is 1. The van der Waals surface area contributed by atoms with Gasteiger partial charge in [-0.05, 0) is 87.0 Å². The Kier molecular flexibility index (Phi) is 7.89. The van der Waals surface area contributed by atoms with E-state index in [0.717, 1.165) is 62.1 Å². The third-order valence-corrected chi connectivity index (χ3v) is 12.9. The predicted octanol–water partition coefficient (Wildman–Crippen LogP) is 4.84. The fraction of sp³-hybridized carbons (Fsp3) is 0.719. The summed E-state index contributed by atoms with van der Waals surface area (Å²) in [5.41, 5.74) is -0.539. The van der Waals surface area contributed by atoms with Crippen molar-refractivity contribution in [2.75, 3.05) is 6.61 Å². The second-order valence-electron chi connectivity index (χ2n) is 13.8. The van der Waals surface area contributed by atoms with Crippen molar-refractivity contribution in [3.05, 3.63) is 44.5 Å². The highest BCUT2D eigenvalue weighted by atomic mass is 32.2. The average Bonchev–Trinajstić information content (AvgIpc) is 3.68. The highest BCUT2D eigenvalue weighted by molar-refractivity contribution is 8.14. The van der Waals surface area contributed by atoms with Gasteiger partial charge in [-0.15, -0.1) is 0 Å². The summed E-state index contributed by atoms with van der Waals surface area (Å²) in [4.78, 5) is 60.3. The zero-order chi connectivity index (χ0) is 30.7. The number of thioether (sulfide) groups is 1. The molecule has 6 aliphatic rings. The highest BCUT2D eigenvalue weighted by Crippen LogP contribution is 2.70. The Morgan fingerprint density at radius 1 is 1.05 bits per heavy atom. The quantitative estimate of drug-likeness (QED) is 0.469. The van der Waals surface area contributed by atoms with Gasteiger partial charge >= 0.3 is 11.7 Å². The molecule has 234 valence electrons. The number of carbonyl (C=O) groups is 3. The summed E-state index contributed by atoms with van der Waals surface area (Å²) in [6.07, 6.45) is 11.9. The SMILES string of the molecule is CC(=O)S[C@@H]1CC2=CC(=O)CC[C@]2(C)[C@H]2CC[C@@]3(C)[C@@H](CC[C@@]34CCC(=O)O4)[C@H]12.O=c1[nH]c(=O)n(C2CCCO2)cc1F. The fourth-order valence-electron chi connectivity index (χ4n) is 9.58. The van der Waals surface area contributed by atoms with Crippen LogP contribution in [0.1, 0.15) is 97.6 Å². The second kappa shape index (κ2) is 11.1. The molecular formula is C32H41FN2O7S. The van der Waals surface area contributed by atoms with Gasteiger partial charge in [0.05, 0.1) is 6.20 Å². The third-order valence-electron chi connectivity index (χ3n) is 11.8. The Hall–Kier alpha value is -2.53. The Morgan fingerprint density at radius 2 is 1.81 bits per heavy atom. The third kappa shape index (κ3) is 5.08. The molecule has 0 aromatic carbocycles. The van der Waals surface area contributed by atoms with E-state index in [0.29, 0.717) is 43.6 Å². The van der Waals surface area contributed by atoms with Crippen molar-refractivity contribution in [2.45, 2.75) is 108 Å². The van der Waals surface area contributed by atoms with Crippen molar-refractivity contribution < 1.29 is 28.2 Å². The van der Waals surface area contributed by atoms with E-state index in [4.69, 9.17) is 9.47 Å². The summed E-state index contributed by atoms with van der Waals surface area (Å²) in [5, 5.41) is 0.409. The van der Waals surface area contributed by atoms with E-state index in [-0.39, 0.29) is 38.5 Å². The van der Waals surface area contributed by atoms with Crippen LogP contribution < -0.4 is 11.2 Å². The molecule has 43 heavy (non-hydrogen) atoms. The number of allylic oxidation sites excluding steroid dienone is 1. The lowest BCUT2D eigenvalue weighted by molar-refractivity contribution is -0.167. The second-order valence-corrected chi connectivity index (χ2v) is 15.2. The first-order valence-electron chi connectivity index (χ1n) is 15.6. The van der Waals surface area contributed by atoms with Crippen LogP contribution in [0, 0.1) is 34.4 Å². The molecule has 7 rings (SSSR count). The lowest BCUT2D eigenvalue weighted by Crippen LogP contribution is -2.57. The summed E-state index contributed by atoms with van der Waals surface area (Å²) in [7, 11) is 0. The standard InChI is InChI=1S/C24H32O4S.C8H9FN2O3/c1-14(25)29-19-13-15-12-16(26)4-8-22(15,2)17-5-9-23(3)18(21(17)19)6-10-24(23)11-7-20(27)28-24;9-5-4-11(6-2-1-3-14-6)8(13)10-7(5)12/h12,17-19,21H,4-11,13H2,1-3H3;4,6H,1-3H2,(H,10,12,13)/t17-,18-,19+,21+,22-,23-,24+;/m0./s1. The predicted molar refractivity (Wildman–Crippen MR) is 158 cm³/mol. The van der Waals surface area contributed by atoms with Crippen LogP contribution in [0.4, 0.5) is 4.39 Å². The van der Waals surface area contributed by atoms with E-state index in [2.05, 4.69) is 13.8 Å². The summed E-state index contributed by atoms with van der Waals surface area (Å²) in [5.74, 6) is 0.700. The van der Waals surface area contributed by atoms with Crippen LogP contribution in [0.25, 0.3) is 0 Å². The molecule has 2 aliphatic heterocycles. The molecule has 0 radical (unpaired) electrons. The smallest absolute Gasteiger partial charge is 0.330 e. The van der Waals surface area contributed by atoms with E-state index >= 15 is 0 Å². The van der Waals surface area contributed by atoms with Crippen molar-refractivity contribution in [3.8, 4) is 0 Å². The minimum Gasteiger partial charge on any atom is -0.458 e. The Bertz CT molecular complexity index is 1480. The van der Waals surface area contributed by atoms with Gasteiger partial charge in [-0.25, -0.2) is 4.79 Å². The molecule has 4 aliphatic carbocycles. The van der Waals surface area contributed by atoms with E-state index in [1.165, 1.54) is 17.3 Å². The first-order valence-corrected chi connectivity index (χ1v) is 16.5. The number of H-pyrrole nitrogens is 1. The molecule has 1 N–H and O–H groups in total. The van der Waals surface area contributed by atoms with Crippen molar-refractivity contribution in [1.29, 1.82) is 0 Å². The molecule has 2 saturated heterocycles. The Morgan fingerprint density at radius 3 is 2.49 bits per heavy atom. The normalized spacial score (nSPS) is 39.7. The number of rotatable bonds is 2. The number of hydrogen-bond acceptors (Lipinski definition) is 8. The number of esters is 1. The molecule has 1 unspecified atom stereocenters. The molecule has 1 aromatic rings. The van der Waals surface area contributed by atoms with Crippen LogP contribution in [0.15, 0.2) is 27.4 Å². The number of nitrogens with one attached hydrogen (secondary N) is 1. The van der Waals surface area contributed by atoms with Crippen LogP contribution in [0.5, 0.6) is 0 Å². The summed E-state index contributed by atoms with van der Waals surface area (Å²) >= 11 is 1.50. The number of nitrogens with zero attached hydrogens (tertiary/aromatic N) is 1. The van der Waals surface area contributed by atoms with Crippen molar-refractivity contribution >= 4 is 28.6 Å². The molecule has 1 aromatic heterocycles. The van der Waals surface area contributed by atoms with Crippen LogP contribution in [0.2, 0.25) is 0 Å². The van der Waals surface area contributed by atoms with Gasteiger partial charge < -0.3 is 9.47 Å². The number of fused-ring (bicyclic) bond motifs is 6. The zero-order valence-electron chi connectivity index (χ0n) is 25.1. The fourth-order valence-corrected chi connectivity index (χ4v) is 10.8. The summed E-state index contributed by atoms with van der Waals surface area (Å²) in [6, 6.07) is 0. The Balaban J connectivity index is 0.000000197. The largest absolute Gasteiger partial charge is 0.458 e. The van der Waals surface area contributed by atoms with Crippen molar-refractivity contribution in [2.24, 2.45) is 28.6 Å². The van der Waals surface area contributed by atoms with Gasteiger partial charge in [0.2, 0.25) is 5.82 Å². The Labute approximate surface area is 254 Å². The minimum atomic E-state index is -0.996. The molecule has 3 heterocycles. The molecule has 11 heteroatoms. The van der Waals surface area contributed by atoms with Crippen LogP contribution in [-0.4, -0.2) is 43.9 Å². The van der Waals surface area contributed by atoms with E-state index in [1.54, 1.807) is 6.92 Å². The number of aromatic amines is 1. The lowest BCUT2D eigenvalue weighted by Gasteiger charge is -2.61.